The van der Waals surface area contributed by atoms with E-state index in [9.17, 15) is 4.79 Å². The maximum atomic E-state index is 12.3. The van der Waals surface area contributed by atoms with E-state index in [0.29, 0.717) is 6.42 Å². The number of ketones is 1. The zero-order valence-corrected chi connectivity index (χ0v) is 12.0. The summed E-state index contributed by atoms with van der Waals surface area (Å²) in [5.74, 6) is 0.205. The Morgan fingerprint density at radius 2 is 2.21 bits per heavy atom. The van der Waals surface area contributed by atoms with Crippen molar-refractivity contribution in [2.45, 2.75) is 38.5 Å². The first-order valence-corrected chi connectivity index (χ1v) is 7.67. The van der Waals surface area contributed by atoms with E-state index in [1.54, 1.807) is 16.0 Å². The third-order valence-electron chi connectivity index (χ3n) is 3.63. The predicted molar refractivity (Wildman–Crippen MR) is 76.8 cm³/mol. The van der Waals surface area contributed by atoms with Gasteiger partial charge in [-0.2, -0.15) is 5.10 Å². The average Bonchev–Trinajstić information content (AvgIpc) is 2.91. The number of thiophene rings is 1. The lowest BCUT2D eigenvalue weighted by Crippen LogP contribution is -2.02. The second-order valence-electron chi connectivity index (χ2n) is 5.20. The van der Waals surface area contributed by atoms with Crippen molar-refractivity contribution in [1.82, 2.24) is 9.78 Å². The van der Waals surface area contributed by atoms with E-state index < -0.39 is 0 Å². The highest BCUT2D eigenvalue weighted by Gasteiger charge is 2.17. The molecule has 1 aliphatic rings. The molecule has 0 saturated carbocycles. The summed E-state index contributed by atoms with van der Waals surface area (Å²) in [6.45, 7) is 0. The third-order valence-corrected chi connectivity index (χ3v) is 4.91. The molecule has 0 spiro atoms. The van der Waals surface area contributed by atoms with Crippen LogP contribution < -0.4 is 0 Å². The van der Waals surface area contributed by atoms with Crippen molar-refractivity contribution in [3.63, 3.8) is 0 Å². The average molecular weight is 274 g/mol. The summed E-state index contributed by atoms with van der Waals surface area (Å²) in [6.07, 6.45) is 8.43. The van der Waals surface area contributed by atoms with Crippen LogP contribution in [0.4, 0.5) is 0 Å². The summed E-state index contributed by atoms with van der Waals surface area (Å²) in [5, 5.41) is 4.27. The second-order valence-corrected chi connectivity index (χ2v) is 6.34. The number of Topliss-reactive ketones (excluding diaryl/α,β-unsaturated/α-hetero) is 1. The fourth-order valence-corrected chi connectivity index (χ4v) is 3.81. The third kappa shape index (κ3) is 2.78. The molecule has 19 heavy (non-hydrogen) atoms. The molecule has 4 heteroatoms. The Morgan fingerprint density at radius 3 is 3.00 bits per heavy atom. The molecular formula is C15H18N2OS. The molecule has 0 unspecified atom stereocenters. The Labute approximate surface area is 117 Å². The smallest absolute Gasteiger partial charge is 0.178 e. The first-order valence-electron chi connectivity index (χ1n) is 6.85. The Balaban J connectivity index is 1.76. The van der Waals surface area contributed by atoms with E-state index in [2.05, 4.69) is 11.2 Å². The number of nitrogens with zero attached hydrogens (tertiary/aromatic N) is 2. The molecule has 2 aromatic heterocycles. The fraction of sp³-hybridized carbons (Fsp3) is 0.467. The lowest BCUT2D eigenvalue weighted by Gasteiger charge is -1.95. The van der Waals surface area contributed by atoms with Crippen LogP contribution in [0.15, 0.2) is 18.3 Å². The second kappa shape index (κ2) is 5.29. The van der Waals surface area contributed by atoms with E-state index in [-0.39, 0.29) is 5.78 Å². The molecule has 0 fully saturated rings. The summed E-state index contributed by atoms with van der Waals surface area (Å²) < 4.78 is 1.74. The van der Waals surface area contributed by atoms with E-state index >= 15 is 0 Å². The minimum Gasteiger partial charge on any atom is -0.293 e. The topological polar surface area (TPSA) is 34.9 Å². The lowest BCUT2D eigenvalue weighted by molar-refractivity contribution is 0.0995. The number of fused-ring (bicyclic) bond motifs is 1. The van der Waals surface area contributed by atoms with Gasteiger partial charge < -0.3 is 0 Å². The number of carbonyl (C=O) groups excluding carboxylic acids is 1. The lowest BCUT2D eigenvalue weighted by atomic mass is 10.1. The van der Waals surface area contributed by atoms with Crippen molar-refractivity contribution in [2.75, 3.05) is 0 Å². The molecule has 0 atom stereocenters. The fourth-order valence-electron chi connectivity index (χ4n) is 2.61. The number of carbonyl (C=O) groups is 1. The predicted octanol–water partition coefficient (Wildman–Crippen LogP) is 3.18. The van der Waals surface area contributed by atoms with Crippen molar-refractivity contribution >= 4 is 17.1 Å². The van der Waals surface area contributed by atoms with Crippen LogP contribution in [0.3, 0.4) is 0 Å². The van der Waals surface area contributed by atoms with Gasteiger partial charge in [-0.25, -0.2) is 0 Å². The molecule has 0 bridgehead atoms. The zero-order valence-electron chi connectivity index (χ0n) is 11.2. The Kier molecular flexibility index (Phi) is 3.51. The van der Waals surface area contributed by atoms with Crippen LogP contribution in [0, 0.1) is 0 Å². The van der Waals surface area contributed by atoms with Gasteiger partial charge in [-0.3, -0.25) is 9.48 Å². The van der Waals surface area contributed by atoms with E-state index in [1.807, 2.05) is 19.3 Å². The van der Waals surface area contributed by atoms with Crippen LogP contribution in [-0.4, -0.2) is 15.6 Å². The van der Waals surface area contributed by atoms with E-state index in [1.165, 1.54) is 29.7 Å². The molecule has 1 aliphatic carbocycles. The van der Waals surface area contributed by atoms with Crippen LogP contribution in [0.1, 0.15) is 45.1 Å². The Morgan fingerprint density at radius 1 is 1.37 bits per heavy atom. The van der Waals surface area contributed by atoms with Crippen molar-refractivity contribution in [2.24, 2.45) is 7.05 Å². The molecule has 3 nitrogen and oxygen atoms in total. The minimum absolute atomic E-state index is 0.205. The van der Waals surface area contributed by atoms with E-state index in [4.69, 9.17) is 0 Å². The summed E-state index contributed by atoms with van der Waals surface area (Å²) in [6, 6.07) is 4.03. The highest BCUT2D eigenvalue weighted by atomic mass is 32.1. The minimum atomic E-state index is 0.205. The highest BCUT2D eigenvalue weighted by Crippen LogP contribution is 2.29. The first kappa shape index (κ1) is 12.6. The zero-order chi connectivity index (χ0) is 13.2. The maximum Gasteiger partial charge on any atom is 0.178 e. The molecule has 100 valence electrons. The first-order chi connectivity index (χ1) is 9.22. The molecule has 0 amide bonds. The largest absolute Gasteiger partial charge is 0.293 e. The summed E-state index contributed by atoms with van der Waals surface area (Å²) in [7, 11) is 1.88. The van der Waals surface area contributed by atoms with Gasteiger partial charge in [-0.05, 0) is 43.4 Å². The number of aromatic nitrogens is 2. The Hall–Kier alpha value is -1.42. The van der Waals surface area contributed by atoms with Gasteiger partial charge in [0.2, 0.25) is 0 Å². The normalized spacial score (nSPS) is 15.0. The van der Waals surface area contributed by atoms with Gasteiger partial charge in [0, 0.05) is 18.1 Å². The van der Waals surface area contributed by atoms with Crippen molar-refractivity contribution in [3.8, 4) is 0 Å². The Bertz CT molecular complexity index is 574. The summed E-state index contributed by atoms with van der Waals surface area (Å²) in [4.78, 5) is 14.6. The number of rotatable bonds is 3. The SMILES string of the molecule is Cn1ccc(CC(=O)c2cc3c(s2)CCCCC3)n1. The molecule has 2 aromatic rings. The molecular weight excluding hydrogens is 256 g/mol. The van der Waals surface area contributed by atoms with Crippen LogP contribution in [0.25, 0.3) is 0 Å². The van der Waals surface area contributed by atoms with Gasteiger partial charge in [0.25, 0.3) is 0 Å². The van der Waals surface area contributed by atoms with Gasteiger partial charge in [-0.15, -0.1) is 11.3 Å². The summed E-state index contributed by atoms with van der Waals surface area (Å²) in [5.41, 5.74) is 2.27. The molecule has 0 aliphatic heterocycles. The van der Waals surface area contributed by atoms with Crippen molar-refractivity contribution < 1.29 is 4.79 Å². The van der Waals surface area contributed by atoms with Gasteiger partial charge in [-0.1, -0.05) is 6.42 Å². The maximum absolute atomic E-state index is 12.3. The highest BCUT2D eigenvalue weighted by molar-refractivity contribution is 7.14. The van der Waals surface area contributed by atoms with E-state index in [0.717, 1.165) is 23.4 Å². The number of hydrogen-bond acceptors (Lipinski definition) is 3. The van der Waals surface area contributed by atoms with Crippen molar-refractivity contribution in [1.29, 1.82) is 0 Å². The van der Waals surface area contributed by atoms with Crippen molar-refractivity contribution in [3.05, 3.63) is 39.3 Å². The molecule has 0 N–H and O–H groups in total. The summed E-state index contributed by atoms with van der Waals surface area (Å²) >= 11 is 1.70. The van der Waals surface area contributed by atoms with Crippen LogP contribution in [-0.2, 0) is 26.3 Å². The molecule has 0 aromatic carbocycles. The van der Waals surface area contributed by atoms with Crippen LogP contribution >= 0.6 is 11.3 Å². The molecule has 3 rings (SSSR count). The monoisotopic (exact) mass is 274 g/mol. The molecule has 2 heterocycles. The molecule has 0 saturated heterocycles. The van der Waals surface area contributed by atoms with Gasteiger partial charge in [0.1, 0.15) is 0 Å². The van der Waals surface area contributed by atoms with Gasteiger partial charge in [0.05, 0.1) is 17.0 Å². The van der Waals surface area contributed by atoms with Crippen LogP contribution in [0.2, 0.25) is 0 Å². The van der Waals surface area contributed by atoms with Gasteiger partial charge in [0.15, 0.2) is 5.78 Å². The molecule has 0 radical (unpaired) electrons. The van der Waals surface area contributed by atoms with Gasteiger partial charge >= 0.3 is 0 Å². The number of aryl methyl sites for hydroxylation is 3. The van der Waals surface area contributed by atoms with Crippen LogP contribution in [0.5, 0.6) is 0 Å². The number of hydrogen-bond donors (Lipinski definition) is 0. The standard InChI is InChI=1S/C15H18N2OS/c1-17-8-7-12(16-17)10-13(18)15-9-11-5-3-2-4-6-14(11)19-15/h7-9H,2-6,10H2,1H3. The quantitative estimate of drug-likeness (QED) is 0.636.